The first-order valence-electron chi connectivity index (χ1n) is 10.0. The van der Waals surface area contributed by atoms with Crippen LogP contribution in [0, 0.1) is 12.8 Å². The fourth-order valence-corrected chi connectivity index (χ4v) is 4.29. The van der Waals surface area contributed by atoms with Gasteiger partial charge in [0.25, 0.3) is 0 Å². The summed E-state index contributed by atoms with van der Waals surface area (Å²) >= 11 is 6.37. The predicted octanol–water partition coefficient (Wildman–Crippen LogP) is 4.84. The standard InChI is InChI=1S/C23H21ClN4O2/c1-14-12-20-19(13-17(14)24)26-23(27-10-8-16(9-11-27)22(29)30)28(20)21-7-6-15-4-2-3-5-18(15)25-21/h2-7,12-13,16H,8-11H2,1H3,(H,29,30). The number of fused-ring (bicyclic) bond motifs is 2. The normalized spacial score (nSPS) is 15.2. The van der Waals surface area contributed by atoms with Crippen LogP contribution in [-0.4, -0.2) is 38.7 Å². The Labute approximate surface area is 178 Å². The smallest absolute Gasteiger partial charge is 0.306 e. The summed E-state index contributed by atoms with van der Waals surface area (Å²) in [7, 11) is 0. The third-order valence-electron chi connectivity index (χ3n) is 5.86. The number of pyridine rings is 1. The largest absolute Gasteiger partial charge is 0.481 e. The minimum Gasteiger partial charge on any atom is -0.481 e. The van der Waals surface area contributed by atoms with Gasteiger partial charge < -0.3 is 10.0 Å². The summed E-state index contributed by atoms with van der Waals surface area (Å²) in [4.78, 5) is 23.3. The molecule has 6 nitrogen and oxygen atoms in total. The van der Waals surface area contributed by atoms with Crippen LogP contribution in [0.15, 0.2) is 48.5 Å². The molecule has 30 heavy (non-hydrogen) atoms. The van der Waals surface area contributed by atoms with Gasteiger partial charge in [-0.2, -0.15) is 0 Å². The number of aryl methyl sites for hydroxylation is 1. The third kappa shape index (κ3) is 3.17. The van der Waals surface area contributed by atoms with E-state index in [1.165, 1.54) is 0 Å². The molecule has 0 amide bonds. The molecule has 0 bridgehead atoms. The van der Waals surface area contributed by atoms with Gasteiger partial charge in [-0.1, -0.05) is 29.8 Å². The van der Waals surface area contributed by atoms with E-state index in [2.05, 4.69) is 15.5 Å². The fourth-order valence-electron chi connectivity index (χ4n) is 4.13. The minimum absolute atomic E-state index is 0.297. The van der Waals surface area contributed by atoms with Crippen LogP contribution in [0.1, 0.15) is 18.4 Å². The molecule has 2 aromatic carbocycles. The van der Waals surface area contributed by atoms with Crippen molar-refractivity contribution < 1.29 is 9.90 Å². The van der Waals surface area contributed by atoms with Crippen LogP contribution in [-0.2, 0) is 4.79 Å². The van der Waals surface area contributed by atoms with E-state index >= 15 is 0 Å². The highest BCUT2D eigenvalue weighted by molar-refractivity contribution is 6.32. The van der Waals surface area contributed by atoms with E-state index in [1.807, 2.05) is 49.4 Å². The van der Waals surface area contributed by atoms with Crippen molar-refractivity contribution in [1.82, 2.24) is 14.5 Å². The second-order valence-electron chi connectivity index (χ2n) is 7.80. The molecule has 2 aromatic heterocycles. The van der Waals surface area contributed by atoms with Gasteiger partial charge in [0.2, 0.25) is 5.95 Å². The first kappa shape index (κ1) is 18.9. The average Bonchev–Trinajstić information content (AvgIpc) is 3.12. The lowest BCUT2D eigenvalue weighted by Crippen LogP contribution is -2.37. The minimum atomic E-state index is -0.721. The van der Waals surface area contributed by atoms with E-state index < -0.39 is 5.97 Å². The molecule has 0 atom stereocenters. The van der Waals surface area contributed by atoms with E-state index in [-0.39, 0.29) is 5.92 Å². The number of carboxylic acid groups (broad SMARTS) is 1. The van der Waals surface area contributed by atoms with Crippen LogP contribution in [0.4, 0.5) is 5.95 Å². The SMILES string of the molecule is Cc1cc2c(cc1Cl)nc(N1CCC(C(=O)O)CC1)n2-c1ccc2ccccc2n1. The van der Waals surface area contributed by atoms with Gasteiger partial charge in [0, 0.05) is 23.5 Å². The Hall–Kier alpha value is -3.12. The fraction of sp³-hybridized carbons (Fsp3) is 0.261. The van der Waals surface area contributed by atoms with Crippen molar-refractivity contribution >= 4 is 45.5 Å². The highest BCUT2D eigenvalue weighted by atomic mass is 35.5. The lowest BCUT2D eigenvalue weighted by molar-refractivity contribution is -0.142. The van der Waals surface area contributed by atoms with Gasteiger partial charge in [-0.25, -0.2) is 9.97 Å². The molecule has 0 unspecified atom stereocenters. The van der Waals surface area contributed by atoms with Gasteiger partial charge in [-0.05, 0) is 55.7 Å². The van der Waals surface area contributed by atoms with Crippen molar-refractivity contribution in [2.24, 2.45) is 5.92 Å². The maximum absolute atomic E-state index is 11.4. The topological polar surface area (TPSA) is 71.2 Å². The molecular weight excluding hydrogens is 400 g/mol. The Kier molecular flexibility index (Phi) is 4.59. The Bertz CT molecular complexity index is 1280. The summed E-state index contributed by atoms with van der Waals surface area (Å²) in [6.45, 7) is 3.26. The quantitative estimate of drug-likeness (QED) is 0.513. The first-order valence-corrected chi connectivity index (χ1v) is 10.4. The van der Waals surface area contributed by atoms with E-state index in [1.54, 1.807) is 0 Å². The van der Waals surface area contributed by atoms with Gasteiger partial charge in [-0.15, -0.1) is 0 Å². The van der Waals surface area contributed by atoms with E-state index in [0.29, 0.717) is 31.0 Å². The van der Waals surface area contributed by atoms with Crippen LogP contribution < -0.4 is 4.90 Å². The molecule has 1 aliphatic rings. The van der Waals surface area contributed by atoms with Crippen molar-refractivity contribution in [3.63, 3.8) is 0 Å². The van der Waals surface area contributed by atoms with Crippen LogP contribution >= 0.6 is 11.6 Å². The number of hydrogen-bond donors (Lipinski definition) is 1. The van der Waals surface area contributed by atoms with Crippen molar-refractivity contribution in [2.45, 2.75) is 19.8 Å². The van der Waals surface area contributed by atoms with Gasteiger partial charge in [-0.3, -0.25) is 9.36 Å². The van der Waals surface area contributed by atoms with Crippen molar-refractivity contribution in [3.8, 4) is 5.82 Å². The second-order valence-corrected chi connectivity index (χ2v) is 8.21. The Morgan fingerprint density at radius 3 is 2.60 bits per heavy atom. The maximum atomic E-state index is 11.4. The zero-order valence-electron chi connectivity index (χ0n) is 16.5. The third-order valence-corrected chi connectivity index (χ3v) is 6.26. The van der Waals surface area contributed by atoms with Crippen LogP contribution in [0.2, 0.25) is 5.02 Å². The predicted molar refractivity (Wildman–Crippen MR) is 119 cm³/mol. The Morgan fingerprint density at radius 2 is 1.83 bits per heavy atom. The number of rotatable bonds is 3. The molecule has 4 aromatic rings. The monoisotopic (exact) mass is 420 g/mol. The number of imidazole rings is 1. The maximum Gasteiger partial charge on any atom is 0.306 e. The highest BCUT2D eigenvalue weighted by Crippen LogP contribution is 2.32. The zero-order valence-corrected chi connectivity index (χ0v) is 17.3. The molecule has 0 aliphatic carbocycles. The number of para-hydroxylation sites is 1. The van der Waals surface area contributed by atoms with Crippen LogP contribution in [0.5, 0.6) is 0 Å². The molecule has 1 fully saturated rings. The summed E-state index contributed by atoms with van der Waals surface area (Å²) < 4.78 is 2.06. The number of piperidine rings is 1. The Morgan fingerprint density at radius 1 is 1.07 bits per heavy atom. The van der Waals surface area contributed by atoms with E-state index in [4.69, 9.17) is 21.6 Å². The van der Waals surface area contributed by atoms with Gasteiger partial charge in [0.05, 0.1) is 22.5 Å². The molecule has 0 saturated carbocycles. The van der Waals surface area contributed by atoms with Gasteiger partial charge in [0.15, 0.2) is 0 Å². The first-order chi connectivity index (χ1) is 14.5. The Balaban J connectivity index is 1.67. The average molecular weight is 421 g/mol. The lowest BCUT2D eigenvalue weighted by atomic mass is 9.97. The number of aliphatic carboxylic acids is 1. The number of anilines is 1. The molecule has 7 heteroatoms. The summed E-state index contributed by atoms with van der Waals surface area (Å²) in [6.07, 6.45) is 1.20. The molecule has 3 heterocycles. The molecule has 0 spiro atoms. The van der Waals surface area contributed by atoms with Crippen molar-refractivity contribution in [1.29, 1.82) is 0 Å². The highest BCUT2D eigenvalue weighted by Gasteiger charge is 2.28. The summed E-state index contributed by atoms with van der Waals surface area (Å²) in [6, 6.07) is 16.0. The second kappa shape index (κ2) is 7.29. The summed E-state index contributed by atoms with van der Waals surface area (Å²) in [5, 5.41) is 11.1. The van der Waals surface area contributed by atoms with E-state index in [0.717, 1.165) is 39.3 Å². The number of nitrogens with zero attached hydrogens (tertiary/aromatic N) is 4. The molecular formula is C23H21ClN4O2. The number of benzene rings is 2. The number of carbonyl (C=O) groups is 1. The van der Waals surface area contributed by atoms with Gasteiger partial charge >= 0.3 is 5.97 Å². The summed E-state index contributed by atoms with van der Waals surface area (Å²) in [5.41, 5.74) is 3.63. The molecule has 1 N–H and O–H groups in total. The van der Waals surface area contributed by atoms with E-state index in [9.17, 15) is 9.90 Å². The van der Waals surface area contributed by atoms with Crippen LogP contribution in [0.3, 0.4) is 0 Å². The van der Waals surface area contributed by atoms with Gasteiger partial charge in [0.1, 0.15) is 5.82 Å². The van der Waals surface area contributed by atoms with Crippen LogP contribution in [0.25, 0.3) is 27.8 Å². The zero-order chi connectivity index (χ0) is 20.8. The number of halogens is 1. The number of carboxylic acids is 1. The van der Waals surface area contributed by atoms with Crippen molar-refractivity contribution in [3.05, 3.63) is 59.1 Å². The summed E-state index contributed by atoms with van der Waals surface area (Å²) in [5.74, 6) is 0.544. The number of hydrogen-bond acceptors (Lipinski definition) is 4. The molecule has 152 valence electrons. The molecule has 1 aliphatic heterocycles. The van der Waals surface area contributed by atoms with Crippen molar-refractivity contribution in [2.75, 3.05) is 18.0 Å². The molecule has 1 saturated heterocycles. The molecule has 5 rings (SSSR count). The number of aromatic nitrogens is 3. The lowest BCUT2D eigenvalue weighted by Gasteiger charge is -2.31. The molecule has 0 radical (unpaired) electrons.